The highest BCUT2D eigenvalue weighted by molar-refractivity contribution is 5.94. The number of rotatable bonds is 7. The van der Waals surface area contributed by atoms with E-state index in [0.29, 0.717) is 37.4 Å². The van der Waals surface area contributed by atoms with E-state index < -0.39 is 0 Å². The summed E-state index contributed by atoms with van der Waals surface area (Å²) in [7, 11) is 0. The van der Waals surface area contributed by atoms with E-state index in [9.17, 15) is 9.59 Å². The molecule has 1 rings (SSSR count). The van der Waals surface area contributed by atoms with E-state index >= 15 is 0 Å². The molecule has 21 heavy (non-hydrogen) atoms. The molecular formula is C16H25N3O2. The van der Waals surface area contributed by atoms with E-state index in [4.69, 9.17) is 5.73 Å². The van der Waals surface area contributed by atoms with Crippen molar-refractivity contribution < 1.29 is 9.59 Å². The van der Waals surface area contributed by atoms with Crippen LogP contribution < -0.4 is 16.4 Å². The molecule has 0 spiro atoms. The van der Waals surface area contributed by atoms with Crippen LogP contribution in [0.5, 0.6) is 0 Å². The number of nitrogens with one attached hydrogen (secondary N) is 2. The number of carbonyl (C=O) groups is 2. The van der Waals surface area contributed by atoms with Crippen LogP contribution in [0.3, 0.4) is 0 Å². The van der Waals surface area contributed by atoms with Crippen molar-refractivity contribution in [3.05, 3.63) is 23.8 Å². The fourth-order valence-electron chi connectivity index (χ4n) is 1.89. The fraction of sp³-hybridized carbons (Fsp3) is 0.500. The zero-order valence-electron chi connectivity index (χ0n) is 13.0. The highest BCUT2D eigenvalue weighted by Gasteiger charge is 2.09. The molecule has 5 heteroatoms. The summed E-state index contributed by atoms with van der Waals surface area (Å²) in [6, 6.07) is 5.49. The molecule has 1 aromatic rings. The van der Waals surface area contributed by atoms with Crippen LogP contribution in [0.25, 0.3) is 0 Å². The van der Waals surface area contributed by atoms with E-state index in [2.05, 4.69) is 10.6 Å². The summed E-state index contributed by atoms with van der Waals surface area (Å²) in [6.45, 7) is 6.42. The Hall–Kier alpha value is -1.88. The lowest BCUT2D eigenvalue weighted by Gasteiger charge is -2.12. The number of nitrogens with two attached hydrogens (primary N) is 1. The number of carbonyl (C=O) groups excluding carboxylic acids is 2. The molecule has 5 nitrogen and oxygen atoms in total. The molecule has 0 saturated carbocycles. The molecule has 0 atom stereocenters. The molecule has 2 amide bonds. The Morgan fingerprint density at radius 2 is 1.90 bits per heavy atom. The summed E-state index contributed by atoms with van der Waals surface area (Å²) in [6.07, 6.45) is 1.54. The Kier molecular flexibility index (Phi) is 6.88. The van der Waals surface area contributed by atoms with Gasteiger partial charge < -0.3 is 16.4 Å². The smallest absolute Gasteiger partial charge is 0.224 e. The SMILES string of the molecule is Cc1ccc(NC(=O)CCCN)cc1NC(=O)CC(C)C. The summed E-state index contributed by atoms with van der Waals surface area (Å²) in [5.41, 5.74) is 7.76. The van der Waals surface area contributed by atoms with Crippen LogP contribution in [-0.4, -0.2) is 18.4 Å². The minimum absolute atomic E-state index is 0.0142. The molecule has 0 fully saturated rings. The Balaban J connectivity index is 2.71. The van der Waals surface area contributed by atoms with Gasteiger partial charge in [-0.2, -0.15) is 0 Å². The minimum atomic E-state index is -0.0660. The molecule has 0 aliphatic carbocycles. The predicted octanol–water partition coefficient (Wildman–Crippen LogP) is 2.66. The normalized spacial score (nSPS) is 10.5. The van der Waals surface area contributed by atoms with Gasteiger partial charge in [0.1, 0.15) is 0 Å². The van der Waals surface area contributed by atoms with Crippen LogP contribution in [0, 0.1) is 12.8 Å². The van der Waals surface area contributed by atoms with Crippen molar-refractivity contribution >= 4 is 23.2 Å². The second kappa shape index (κ2) is 8.42. The molecule has 0 saturated heterocycles. The van der Waals surface area contributed by atoms with Crippen molar-refractivity contribution in [3.8, 4) is 0 Å². The molecule has 0 bridgehead atoms. The summed E-state index contributed by atoms with van der Waals surface area (Å²) in [5, 5.41) is 5.70. The highest BCUT2D eigenvalue weighted by Crippen LogP contribution is 2.21. The van der Waals surface area contributed by atoms with Gasteiger partial charge in [0, 0.05) is 24.2 Å². The maximum absolute atomic E-state index is 11.8. The van der Waals surface area contributed by atoms with E-state index in [0.717, 1.165) is 11.3 Å². The van der Waals surface area contributed by atoms with Gasteiger partial charge >= 0.3 is 0 Å². The van der Waals surface area contributed by atoms with Gasteiger partial charge in [0.15, 0.2) is 0 Å². The molecule has 116 valence electrons. The average molecular weight is 291 g/mol. The minimum Gasteiger partial charge on any atom is -0.330 e. The van der Waals surface area contributed by atoms with Crippen molar-refractivity contribution in [2.45, 2.75) is 40.0 Å². The van der Waals surface area contributed by atoms with E-state index in [1.807, 2.05) is 32.9 Å². The van der Waals surface area contributed by atoms with Crippen LogP contribution in [0.15, 0.2) is 18.2 Å². The Morgan fingerprint density at radius 3 is 2.52 bits per heavy atom. The van der Waals surface area contributed by atoms with Crippen LogP contribution in [0.4, 0.5) is 11.4 Å². The quantitative estimate of drug-likeness (QED) is 0.722. The third-order valence-electron chi connectivity index (χ3n) is 3.00. The summed E-state index contributed by atoms with van der Waals surface area (Å²) < 4.78 is 0. The van der Waals surface area contributed by atoms with Gasteiger partial charge in [0.2, 0.25) is 11.8 Å². The van der Waals surface area contributed by atoms with Crippen molar-refractivity contribution in [2.75, 3.05) is 17.2 Å². The Morgan fingerprint density at radius 1 is 1.19 bits per heavy atom. The zero-order valence-corrected chi connectivity index (χ0v) is 13.0. The number of benzene rings is 1. The predicted molar refractivity (Wildman–Crippen MR) is 86.2 cm³/mol. The van der Waals surface area contributed by atoms with Crippen LogP contribution in [0.2, 0.25) is 0 Å². The average Bonchev–Trinajstić information content (AvgIpc) is 2.39. The van der Waals surface area contributed by atoms with E-state index in [-0.39, 0.29) is 11.8 Å². The number of aryl methyl sites for hydroxylation is 1. The van der Waals surface area contributed by atoms with Gasteiger partial charge in [-0.15, -0.1) is 0 Å². The van der Waals surface area contributed by atoms with Crippen molar-refractivity contribution in [2.24, 2.45) is 11.7 Å². The number of amides is 2. The van der Waals surface area contributed by atoms with Crippen LogP contribution in [-0.2, 0) is 9.59 Å². The molecular weight excluding hydrogens is 266 g/mol. The third kappa shape index (κ3) is 6.40. The lowest BCUT2D eigenvalue weighted by atomic mass is 10.1. The first-order chi connectivity index (χ1) is 9.92. The molecule has 0 aliphatic heterocycles. The largest absolute Gasteiger partial charge is 0.330 e. The van der Waals surface area contributed by atoms with E-state index in [1.54, 1.807) is 6.07 Å². The van der Waals surface area contributed by atoms with Gasteiger partial charge in [-0.05, 0) is 43.5 Å². The molecule has 0 aliphatic rings. The van der Waals surface area contributed by atoms with Gasteiger partial charge in [-0.1, -0.05) is 19.9 Å². The van der Waals surface area contributed by atoms with Gasteiger partial charge in [-0.3, -0.25) is 9.59 Å². The number of anilines is 2. The highest BCUT2D eigenvalue weighted by atomic mass is 16.2. The topological polar surface area (TPSA) is 84.2 Å². The number of hydrogen-bond donors (Lipinski definition) is 3. The van der Waals surface area contributed by atoms with Crippen molar-refractivity contribution in [3.63, 3.8) is 0 Å². The first-order valence-electron chi connectivity index (χ1n) is 7.32. The number of hydrogen-bond acceptors (Lipinski definition) is 3. The Labute approximate surface area is 126 Å². The molecule has 0 radical (unpaired) electrons. The van der Waals surface area contributed by atoms with Crippen molar-refractivity contribution in [1.29, 1.82) is 0 Å². The van der Waals surface area contributed by atoms with E-state index in [1.165, 1.54) is 0 Å². The molecule has 1 aromatic carbocycles. The Bertz CT molecular complexity index is 498. The first kappa shape index (κ1) is 17.2. The second-order valence-electron chi connectivity index (χ2n) is 5.62. The van der Waals surface area contributed by atoms with Gasteiger partial charge in [-0.25, -0.2) is 0 Å². The van der Waals surface area contributed by atoms with Gasteiger partial charge in [0.05, 0.1) is 0 Å². The summed E-state index contributed by atoms with van der Waals surface area (Å²) in [4.78, 5) is 23.5. The monoisotopic (exact) mass is 291 g/mol. The first-order valence-corrected chi connectivity index (χ1v) is 7.32. The maximum atomic E-state index is 11.8. The molecule has 0 unspecified atom stereocenters. The lowest BCUT2D eigenvalue weighted by molar-refractivity contribution is -0.117. The zero-order chi connectivity index (χ0) is 15.8. The van der Waals surface area contributed by atoms with Crippen LogP contribution >= 0.6 is 0 Å². The summed E-state index contributed by atoms with van der Waals surface area (Å²) in [5.74, 6) is 0.230. The maximum Gasteiger partial charge on any atom is 0.224 e. The standard InChI is InChI=1S/C16H25N3O2/c1-11(2)9-16(21)19-14-10-13(7-6-12(14)3)18-15(20)5-4-8-17/h6-7,10-11H,4-5,8-9,17H2,1-3H3,(H,18,20)(H,19,21). The summed E-state index contributed by atoms with van der Waals surface area (Å²) >= 11 is 0. The lowest BCUT2D eigenvalue weighted by Crippen LogP contribution is -2.16. The molecule has 0 aromatic heterocycles. The van der Waals surface area contributed by atoms with Crippen molar-refractivity contribution in [1.82, 2.24) is 0 Å². The molecule has 0 heterocycles. The molecule has 4 N–H and O–H groups in total. The second-order valence-corrected chi connectivity index (χ2v) is 5.62. The van der Waals surface area contributed by atoms with Crippen LogP contribution in [0.1, 0.15) is 38.7 Å². The fourth-order valence-corrected chi connectivity index (χ4v) is 1.89. The third-order valence-corrected chi connectivity index (χ3v) is 3.00. The van der Waals surface area contributed by atoms with Gasteiger partial charge in [0.25, 0.3) is 0 Å².